The summed E-state index contributed by atoms with van der Waals surface area (Å²) in [6, 6.07) is 8.85. The molecule has 9 heteroatoms. The van der Waals surface area contributed by atoms with Crippen LogP contribution in [-0.4, -0.2) is 27.5 Å². The van der Waals surface area contributed by atoms with Crippen molar-refractivity contribution >= 4 is 37.5 Å². The van der Waals surface area contributed by atoms with Crippen molar-refractivity contribution in [2.24, 2.45) is 0 Å². The second-order valence-corrected chi connectivity index (χ2v) is 7.73. The van der Waals surface area contributed by atoms with E-state index in [0.29, 0.717) is 5.69 Å². The van der Waals surface area contributed by atoms with Gasteiger partial charge in [-0.3, -0.25) is 4.79 Å². The van der Waals surface area contributed by atoms with Gasteiger partial charge in [-0.25, -0.2) is 12.8 Å². The molecule has 0 aliphatic heterocycles. The van der Waals surface area contributed by atoms with E-state index in [1.165, 1.54) is 20.1 Å². The van der Waals surface area contributed by atoms with Crippen LogP contribution in [0.3, 0.4) is 0 Å². The van der Waals surface area contributed by atoms with Crippen LogP contribution < -0.4 is 14.8 Å². The van der Waals surface area contributed by atoms with Crippen molar-refractivity contribution in [3.8, 4) is 5.75 Å². The van der Waals surface area contributed by atoms with Gasteiger partial charge in [0.25, 0.3) is 0 Å². The Hall–Kier alpha value is -1.97. The fourth-order valence-corrected chi connectivity index (χ4v) is 3.64. The first-order chi connectivity index (χ1) is 11.7. The zero-order valence-corrected chi connectivity index (χ0v) is 15.8. The second-order valence-electron chi connectivity index (χ2n) is 5.13. The van der Waals surface area contributed by atoms with E-state index >= 15 is 0 Å². The number of nitrogens with one attached hydrogen (secondary N) is 2. The highest BCUT2D eigenvalue weighted by molar-refractivity contribution is 9.10. The molecule has 25 heavy (non-hydrogen) atoms. The van der Waals surface area contributed by atoms with Crippen LogP contribution in [-0.2, 0) is 14.8 Å². The lowest BCUT2D eigenvalue weighted by Gasteiger charge is -2.16. The number of halogens is 2. The van der Waals surface area contributed by atoms with Gasteiger partial charge in [-0.2, -0.15) is 4.72 Å². The summed E-state index contributed by atoms with van der Waals surface area (Å²) in [7, 11) is -2.88. The van der Waals surface area contributed by atoms with E-state index in [2.05, 4.69) is 26.0 Å². The molecule has 0 fully saturated rings. The number of carbonyl (C=O) groups is 1. The number of carbonyl (C=O) groups excluding carboxylic acids is 1. The molecule has 0 aliphatic rings. The molecule has 1 unspecified atom stereocenters. The van der Waals surface area contributed by atoms with Gasteiger partial charge in [-0.15, -0.1) is 0 Å². The molecule has 6 nitrogen and oxygen atoms in total. The van der Waals surface area contributed by atoms with E-state index in [1.807, 2.05) is 0 Å². The van der Waals surface area contributed by atoms with E-state index in [9.17, 15) is 17.6 Å². The maximum absolute atomic E-state index is 13.4. The highest BCUT2D eigenvalue weighted by atomic mass is 79.9. The van der Waals surface area contributed by atoms with Crippen LogP contribution in [0, 0.1) is 5.82 Å². The minimum Gasteiger partial charge on any atom is -0.495 e. The lowest BCUT2D eigenvalue weighted by atomic mass is 10.3. The molecule has 1 atom stereocenters. The predicted molar refractivity (Wildman–Crippen MR) is 95.5 cm³/mol. The third-order valence-corrected chi connectivity index (χ3v) is 5.34. The van der Waals surface area contributed by atoms with Gasteiger partial charge in [0.05, 0.1) is 13.2 Å². The smallest absolute Gasteiger partial charge is 0.245 e. The first kappa shape index (κ1) is 19.4. The Labute approximate surface area is 153 Å². The zero-order chi connectivity index (χ0) is 18.6. The van der Waals surface area contributed by atoms with Crippen LogP contribution in [0.4, 0.5) is 10.1 Å². The molecule has 0 aromatic heterocycles. The van der Waals surface area contributed by atoms with Crippen molar-refractivity contribution in [2.45, 2.75) is 17.9 Å². The summed E-state index contributed by atoms with van der Waals surface area (Å²) in [5, 5.41) is 2.59. The number of hydrogen-bond donors (Lipinski definition) is 2. The summed E-state index contributed by atoms with van der Waals surface area (Å²) in [5.74, 6) is -1.30. The average molecular weight is 431 g/mol. The maximum Gasteiger partial charge on any atom is 0.245 e. The Morgan fingerprint density at radius 3 is 2.44 bits per heavy atom. The molecule has 0 spiro atoms. The van der Waals surface area contributed by atoms with Crippen molar-refractivity contribution in [2.75, 3.05) is 12.4 Å². The van der Waals surface area contributed by atoms with Crippen LogP contribution in [0.1, 0.15) is 6.92 Å². The molecule has 0 radical (unpaired) electrons. The molecule has 2 aromatic rings. The molecule has 0 saturated heterocycles. The number of ether oxygens (including phenoxy) is 1. The predicted octanol–water partition coefficient (Wildman–Crippen LogP) is 2.90. The summed E-state index contributed by atoms with van der Waals surface area (Å²) in [6.45, 7) is 1.39. The number of hydrogen-bond acceptors (Lipinski definition) is 4. The van der Waals surface area contributed by atoms with E-state index in [0.717, 1.165) is 16.6 Å². The third kappa shape index (κ3) is 5.00. The SMILES string of the molecule is COc1ccc(F)cc1S(=O)(=O)NC(C)C(=O)Nc1ccc(Br)cc1. The van der Waals surface area contributed by atoms with Gasteiger partial charge in [0, 0.05) is 10.2 Å². The fourth-order valence-electron chi connectivity index (χ4n) is 1.99. The van der Waals surface area contributed by atoms with Crippen LogP contribution in [0.25, 0.3) is 0 Å². The number of methoxy groups -OCH3 is 1. The molecule has 1 amide bonds. The topological polar surface area (TPSA) is 84.5 Å². The fraction of sp³-hybridized carbons (Fsp3) is 0.188. The molecule has 0 saturated carbocycles. The van der Waals surface area contributed by atoms with Crippen LogP contribution in [0.15, 0.2) is 51.8 Å². The number of amides is 1. The van der Waals surface area contributed by atoms with Gasteiger partial charge in [0.15, 0.2) is 0 Å². The standard InChI is InChI=1S/C16H16BrFN2O4S/c1-10(16(21)19-13-6-3-11(17)4-7-13)20-25(22,23)15-9-12(18)5-8-14(15)24-2/h3-10,20H,1-2H3,(H,19,21). The number of anilines is 1. The minimum atomic E-state index is -4.15. The second kappa shape index (κ2) is 7.94. The van der Waals surface area contributed by atoms with E-state index < -0.39 is 27.8 Å². The largest absolute Gasteiger partial charge is 0.495 e. The first-order valence-electron chi connectivity index (χ1n) is 7.15. The molecule has 0 bridgehead atoms. The normalized spacial score (nSPS) is 12.5. The monoisotopic (exact) mass is 430 g/mol. The van der Waals surface area contributed by atoms with Gasteiger partial charge < -0.3 is 10.1 Å². The Bertz CT molecular complexity index is 872. The molecule has 0 aliphatic carbocycles. The van der Waals surface area contributed by atoms with E-state index in [1.54, 1.807) is 24.3 Å². The van der Waals surface area contributed by atoms with Crippen molar-refractivity contribution in [3.63, 3.8) is 0 Å². The van der Waals surface area contributed by atoms with Gasteiger partial charge in [-0.05, 0) is 49.4 Å². The average Bonchev–Trinajstić information content (AvgIpc) is 2.56. The van der Waals surface area contributed by atoms with Crippen molar-refractivity contribution in [1.29, 1.82) is 0 Å². The van der Waals surface area contributed by atoms with Gasteiger partial charge in [-0.1, -0.05) is 15.9 Å². The minimum absolute atomic E-state index is 0.0191. The Morgan fingerprint density at radius 2 is 1.84 bits per heavy atom. The molecule has 2 rings (SSSR count). The Morgan fingerprint density at radius 1 is 1.20 bits per heavy atom. The van der Waals surface area contributed by atoms with Crippen molar-refractivity contribution < 1.29 is 22.3 Å². The van der Waals surface area contributed by atoms with Crippen molar-refractivity contribution in [3.05, 3.63) is 52.8 Å². The van der Waals surface area contributed by atoms with Crippen LogP contribution in [0.5, 0.6) is 5.75 Å². The quantitative estimate of drug-likeness (QED) is 0.737. The highest BCUT2D eigenvalue weighted by Crippen LogP contribution is 2.24. The molecular formula is C16H16BrFN2O4S. The van der Waals surface area contributed by atoms with Gasteiger partial charge in [0.2, 0.25) is 15.9 Å². The highest BCUT2D eigenvalue weighted by Gasteiger charge is 2.25. The molecule has 2 N–H and O–H groups in total. The summed E-state index contributed by atoms with van der Waals surface area (Å²) in [6.07, 6.45) is 0. The maximum atomic E-state index is 13.4. The van der Waals surface area contributed by atoms with Crippen LogP contribution in [0.2, 0.25) is 0 Å². The summed E-state index contributed by atoms with van der Waals surface area (Å²) >= 11 is 3.28. The molecule has 0 heterocycles. The van der Waals surface area contributed by atoms with Gasteiger partial charge in [0.1, 0.15) is 16.5 Å². The lowest BCUT2D eigenvalue weighted by Crippen LogP contribution is -2.41. The first-order valence-corrected chi connectivity index (χ1v) is 9.43. The Kier molecular flexibility index (Phi) is 6.15. The summed E-state index contributed by atoms with van der Waals surface area (Å²) in [4.78, 5) is 11.8. The Balaban J connectivity index is 2.15. The molecular weight excluding hydrogens is 415 g/mol. The van der Waals surface area contributed by atoms with Crippen LogP contribution >= 0.6 is 15.9 Å². The lowest BCUT2D eigenvalue weighted by molar-refractivity contribution is -0.117. The van der Waals surface area contributed by atoms with E-state index in [-0.39, 0.29) is 10.6 Å². The number of benzene rings is 2. The summed E-state index contributed by atoms with van der Waals surface area (Å²) in [5.41, 5.74) is 0.516. The zero-order valence-electron chi connectivity index (χ0n) is 13.4. The third-order valence-electron chi connectivity index (χ3n) is 3.25. The summed E-state index contributed by atoms with van der Waals surface area (Å²) < 4.78 is 46.3. The molecule has 2 aromatic carbocycles. The number of rotatable bonds is 6. The molecule has 134 valence electrons. The number of sulfonamides is 1. The van der Waals surface area contributed by atoms with Crippen molar-refractivity contribution in [1.82, 2.24) is 4.72 Å². The van der Waals surface area contributed by atoms with Gasteiger partial charge >= 0.3 is 0 Å². The van der Waals surface area contributed by atoms with E-state index in [4.69, 9.17) is 4.74 Å².